The monoisotopic (exact) mass is 588 g/mol. The number of nitrogens with one attached hydrogen (secondary N) is 3. The Bertz CT molecular complexity index is 1550. The first kappa shape index (κ1) is 23.9. The highest BCUT2D eigenvalue weighted by Crippen LogP contribution is 2.30. The van der Waals surface area contributed by atoms with Crippen molar-refractivity contribution in [3.05, 3.63) is 90.0 Å². The van der Waals surface area contributed by atoms with Crippen molar-refractivity contribution in [2.45, 2.75) is 24.2 Å². The number of aromatic nitrogens is 5. The molecule has 1 amide bonds. The van der Waals surface area contributed by atoms with Crippen LogP contribution in [-0.2, 0) is 11.2 Å². The van der Waals surface area contributed by atoms with E-state index in [9.17, 15) is 4.79 Å². The number of allylic oxidation sites excluding steroid dienone is 1. The van der Waals surface area contributed by atoms with Crippen molar-refractivity contribution in [2.75, 3.05) is 5.32 Å². The van der Waals surface area contributed by atoms with Crippen LogP contribution in [0.1, 0.15) is 23.7 Å². The molecule has 0 spiro atoms. The highest BCUT2D eigenvalue weighted by atomic mass is 127. The van der Waals surface area contributed by atoms with E-state index >= 15 is 0 Å². The molecule has 7 nitrogen and oxygen atoms in total. The maximum Gasteiger partial charge on any atom is 0.228 e. The first-order valence-electron chi connectivity index (χ1n) is 11.6. The molecule has 0 saturated carbocycles. The summed E-state index contributed by atoms with van der Waals surface area (Å²) in [7, 11) is 0. The Kier molecular flexibility index (Phi) is 6.95. The lowest BCUT2D eigenvalue weighted by Crippen LogP contribution is -2.14. The molecule has 180 valence electrons. The number of hydrogen-bond donors (Lipinski definition) is 3. The molecule has 0 aliphatic carbocycles. The molecule has 1 unspecified atom stereocenters. The number of carbonyl (C=O) groups excluding carboxylic acids is 1. The standard InChI is InChI=1S/C28H25IN6O/c1-17(29)8-9-20-12-25(32-18(20)2)28-23-13-24(31-16-26(23)34-35-28)21-11-22(15-30-14-21)33-27(36)10-19-6-4-3-5-7-19/h3-9,11-17,32H,10H2,1-2H3,(H,33,36)(H,34,35)/b9-8-. The molecule has 1 atom stereocenters. The number of H-pyrrole nitrogens is 2. The molecule has 5 aromatic rings. The highest BCUT2D eigenvalue weighted by molar-refractivity contribution is 14.1. The van der Waals surface area contributed by atoms with Gasteiger partial charge in [0.1, 0.15) is 5.69 Å². The average Bonchev–Trinajstić information content (AvgIpc) is 3.46. The Labute approximate surface area is 222 Å². The topological polar surface area (TPSA) is 99.3 Å². The minimum atomic E-state index is -0.0930. The van der Waals surface area contributed by atoms with E-state index in [0.717, 1.165) is 50.4 Å². The number of hydrogen-bond acceptors (Lipinski definition) is 4. The minimum Gasteiger partial charge on any atom is -0.357 e. The number of pyridine rings is 2. The summed E-state index contributed by atoms with van der Waals surface area (Å²) in [4.78, 5) is 24.9. The Morgan fingerprint density at radius 2 is 1.97 bits per heavy atom. The molecule has 36 heavy (non-hydrogen) atoms. The molecule has 5 rings (SSSR count). The molecule has 3 N–H and O–H groups in total. The zero-order chi connectivity index (χ0) is 25.1. The normalized spacial score (nSPS) is 12.3. The number of aryl methyl sites for hydroxylation is 1. The summed E-state index contributed by atoms with van der Waals surface area (Å²) in [6.45, 7) is 4.21. The van der Waals surface area contributed by atoms with E-state index in [1.807, 2.05) is 42.5 Å². The van der Waals surface area contributed by atoms with E-state index in [1.165, 1.54) is 0 Å². The van der Waals surface area contributed by atoms with E-state index < -0.39 is 0 Å². The van der Waals surface area contributed by atoms with Gasteiger partial charge in [-0.3, -0.25) is 19.9 Å². The van der Waals surface area contributed by atoms with Gasteiger partial charge >= 0.3 is 0 Å². The third-order valence-electron chi connectivity index (χ3n) is 5.82. The van der Waals surface area contributed by atoms with E-state index in [-0.39, 0.29) is 5.91 Å². The SMILES string of the molecule is Cc1[nH]c(-c2n[nH]c3cnc(-c4cncc(NC(=O)Cc5ccccc5)c4)cc23)cc1/C=C\C(C)I. The fourth-order valence-electron chi connectivity index (χ4n) is 4.03. The Morgan fingerprint density at radius 1 is 1.14 bits per heavy atom. The number of nitrogens with zero attached hydrogens (tertiary/aromatic N) is 3. The Hall–Kier alpha value is -3.79. The number of fused-ring (bicyclic) bond motifs is 1. The van der Waals surface area contributed by atoms with Crippen molar-refractivity contribution in [3.63, 3.8) is 0 Å². The van der Waals surface area contributed by atoms with Crippen LogP contribution in [0.3, 0.4) is 0 Å². The van der Waals surface area contributed by atoms with Crippen molar-refractivity contribution in [2.24, 2.45) is 0 Å². The van der Waals surface area contributed by atoms with Gasteiger partial charge in [0.2, 0.25) is 5.91 Å². The quantitative estimate of drug-likeness (QED) is 0.153. The molecule has 0 radical (unpaired) electrons. The molecule has 4 aromatic heterocycles. The molecule has 0 fully saturated rings. The maximum absolute atomic E-state index is 12.5. The Morgan fingerprint density at radius 3 is 2.78 bits per heavy atom. The number of carbonyl (C=O) groups is 1. The molecule has 0 bridgehead atoms. The predicted molar refractivity (Wildman–Crippen MR) is 153 cm³/mol. The fraction of sp³-hybridized carbons (Fsp3) is 0.143. The lowest BCUT2D eigenvalue weighted by atomic mass is 10.1. The van der Waals surface area contributed by atoms with Gasteiger partial charge in [-0.1, -0.05) is 65.1 Å². The summed E-state index contributed by atoms with van der Waals surface area (Å²) >= 11 is 2.38. The van der Waals surface area contributed by atoms with Gasteiger partial charge in [0.05, 0.1) is 41.4 Å². The molecular weight excluding hydrogens is 563 g/mol. The van der Waals surface area contributed by atoms with Gasteiger partial charge in [0, 0.05) is 26.8 Å². The smallest absolute Gasteiger partial charge is 0.228 e. The summed E-state index contributed by atoms with van der Waals surface area (Å²) in [6, 6.07) is 15.7. The molecule has 0 aliphatic heterocycles. The molecule has 0 aliphatic rings. The molecular formula is C28H25IN6O. The van der Waals surface area contributed by atoms with Gasteiger partial charge in [-0.05, 0) is 43.2 Å². The molecule has 8 heteroatoms. The van der Waals surface area contributed by atoms with Crippen LogP contribution in [0, 0.1) is 6.92 Å². The van der Waals surface area contributed by atoms with Crippen molar-refractivity contribution in [1.82, 2.24) is 25.1 Å². The largest absolute Gasteiger partial charge is 0.357 e. The summed E-state index contributed by atoms with van der Waals surface area (Å²) in [5, 5.41) is 11.5. The van der Waals surface area contributed by atoms with Gasteiger partial charge < -0.3 is 10.3 Å². The van der Waals surface area contributed by atoms with Crippen molar-refractivity contribution >= 4 is 51.2 Å². The highest BCUT2D eigenvalue weighted by Gasteiger charge is 2.14. The van der Waals surface area contributed by atoms with Crippen molar-refractivity contribution in [1.29, 1.82) is 0 Å². The lowest BCUT2D eigenvalue weighted by molar-refractivity contribution is -0.115. The van der Waals surface area contributed by atoms with Crippen molar-refractivity contribution in [3.8, 4) is 22.6 Å². The number of rotatable bonds is 7. The first-order chi connectivity index (χ1) is 17.5. The summed E-state index contributed by atoms with van der Waals surface area (Å²) in [6.07, 6.45) is 9.77. The zero-order valence-corrected chi connectivity index (χ0v) is 22.1. The van der Waals surface area contributed by atoms with Crippen LogP contribution >= 0.6 is 22.6 Å². The second kappa shape index (κ2) is 10.4. The fourth-order valence-corrected chi connectivity index (χ4v) is 4.23. The zero-order valence-electron chi connectivity index (χ0n) is 19.9. The van der Waals surface area contributed by atoms with Crippen LogP contribution in [0.4, 0.5) is 5.69 Å². The molecule has 4 heterocycles. The number of amides is 1. The van der Waals surface area contributed by atoms with E-state index in [1.54, 1.807) is 18.6 Å². The molecule has 1 aromatic carbocycles. The minimum absolute atomic E-state index is 0.0930. The summed E-state index contributed by atoms with van der Waals surface area (Å²) < 4.78 is 0.452. The number of halogens is 1. The van der Waals surface area contributed by atoms with Crippen molar-refractivity contribution < 1.29 is 4.79 Å². The second-order valence-electron chi connectivity index (χ2n) is 8.66. The number of benzene rings is 1. The average molecular weight is 588 g/mol. The maximum atomic E-state index is 12.5. The van der Waals surface area contributed by atoms with Crippen LogP contribution in [0.15, 0.2) is 73.2 Å². The van der Waals surface area contributed by atoms with Gasteiger partial charge in [-0.25, -0.2) is 0 Å². The Balaban J connectivity index is 1.41. The van der Waals surface area contributed by atoms with E-state index in [0.29, 0.717) is 16.0 Å². The van der Waals surface area contributed by atoms with Crippen LogP contribution in [0.5, 0.6) is 0 Å². The first-order valence-corrected chi connectivity index (χ1v) is 12.9. The van der Waals surface area contributed by atoms with Crippen LogP contribution in [0.2, 0.25) is 0 Å². The van der Waals surface area contributed by atoms with Gasteiger partial charge in [-0.2, -0.15) is 5.10 Å². The summed E-state index contributed by atoms with van der Waals surface area (Å²) in [5.74, 6) is -0.0930. The van der Waals surface area contributed by atoms with E-state index in [4.69, 9.17) is 0 Å². The van der Waals surface area contributed by atoms with Crippen LogP contribution in [0.25, 0.3) is 39.6 Å². The number of anilines is 1. The molecule has 0 saturated heterocycles. The van der Waals surface area contributed by atoms with Crippen LogP contribution in [-0.4, -0.2) is 35.0 Å². The summed E-state index contributed by atoms with van der Waals surface area (Å²) in [5.41, 5.74) is 8.00. The van der Waals surface area contributed by atoms with Gasteiger partial charge in [0.25, 0.3) is 0 Å². The second-order valence-corrected chi connectivity index (χ2v) is 10.6. The number of aromatic amines is 2. The third-order valence-corrected chi connectivity index (χ3v) is 6.24. The number of alkyl halides is 1. The predicted octanol–water partition coefficient (Wildman–Crippen LogP) is 6.34. The van der Waals surface area contributed by atoms with Crippen LogP contribution < -0.4 is 5.32 Å². The van der Waals surface area contributed by atoms with Gasteiger partial charge in [0.15, 0.2) is 0 Å². The lowest BCUT2D eigenvalue weighted by Gasteiger charge is -2.07. The van der Waals surface area contributed by atoms with E-state index in [2.05, 4.69) is 85.1 Å². The third kappa shape index (κ3) is 5.38. The van der Waals surface area contributed by atoms with Gasteiger partial charge in [-0.15, -0.1) is 0 Å².